The molecule has 2 aliphatic heterocycles. The Morgan fingerprint density at radius 3 is 2.57 bits per heavy atom. The highest BCUT2D eigenvalue weighted by Gasteiger charge is 2.40. The third-order valence-electron chi connectivity index (χ3n) is 5.28. The van der Waals surface area contributed by atoms with Crippen LogP contribution in [0.4, 0.5) is 10.2 Å². The zero-order valence-corrected chi connectivity index (χ0v) is 15.7. The molecule has 1 N–H and O–H groups in total. The van der Waals surface area contributed by atoms with Crippen molar-refractivity contribution in [3.05, 3.63) is 59.5 Å². The first kappa shape index (κ1) is 18.8. The van der Waals surface area contributed by atoms with Crippen LogP contribution in [0.25, 0.3) is 0 Å². The van der Waals surface area contributed by atoms with E-state index in [4.69, 9.17) is 9.47 Å². The van der Waals surface area contributed by atoms with Crippen LogP contribution >= 0.6 is 0 Å². The summed E-state index contributed by atoms with van der Waals surface area (Å²) >= 11 is 0. The van der Waals surface area contributed by atoms with Crippen LogP contribution in [-0.2, 0) is 15.9 Å². The Balaban J connectivity index is 1.31. The van der Waals surface area contributed by atoms with E-state index in [1.54, 1.807) is 24.4 Å². The molecule has 4 rings (SSSR count). The van der Waals surface area contributed by atoms with Gasteiger partial charge in [-0.25, -0.2) is 9.37 Å². The highest BCUT2D eigenvalue weighted by atomic mass is 19.1. The van der Waals surface area contributed by atoms with Crippen molar-refractivity contribution >= 4 is 11.7 Å². The fourth-order valence-electron chi connectivity index (χ4n) is 3.67. The summed E-state index contributed by atoms with van der Waals surface area (Å²) in [6, 6.07) is 9.85. The summed E-state index contributed by atoms with van der Waals surface area (Å²) in [5.41, 5.74) is 1.56. The molecule has 6 nitrogen and oxygen atoms in total. The van der Waals surface area contributed by atoms with Gasteiger partial charge in [0.15, 0.2) is 5.79 Å². The molecule has 1 aromatic heterocycles. The number of carbonyl (C=O) groups excluding carboxylic acids is 1. The van der Waals surface area contributed by atoms with Crippen molar-refractivity contribution in [2.75, 3.05) is 37.7 Å². The van der Waals surface area contributed by atoms with Gasteiger partial charge < -0.3 is 19.7 Å². The summed E-state index contributed by atoms with van der Waals surface area (Å²) in [6.07, 6.45) is 3.90. The molecule has 28 heavy (non-hydrogen) atoms. The fourth-order valence-corrected chi connectivity index (χ4v) is 3.67. The number of anilines is 1. The number of piperidine rings is 1. The molecule has 1 spiro atoms. The van der Waals surface area contributed by atoms with E-state index in [0.717, 1.165) is 37.3 Å². The van der Waals surface area contributed by atoms with Crippen molar-refractivity contribution in [3.63, 3.8) is 0 Å². The fraction of sp³-hybridized carbons (Fsp3) is 0.429. The van der Waals surface area contributed by atoms with Crippen LogP contribution in [-0.4, -0.2) is 49.5 Å². The number of amides is 1. The molecule has 2 fully saturated rings. The third kappa shape index (κ3) is 4.31. The minimum atomic E-state index is -0.425. The van der Waals surface area contributed by atoms with E-state index >= 15 is 0 Å². The molecule has 0 atom stereocenters. The smallest absolute Gasteiger partial charge is 0.251 e. The number of ether oxygens (including phenoxy) is 2. The lowest BCUT2D eigenvalue weighted by Crippen LogP contribution is -2.45. The Hall–Kier alpha value is -2.51. The van der Waals surface area contributed by atoms with E-state index in [-0.39, 0.29) is 11.7 Å². The average molecular weight is 385 g/mol. The zero-order valence-electron chi connectivity index (χ0n) is 15.7. The summed E-state index contributed by atoms with van der Waals surface area (Å²) in [7, 11) is 0. The molecule has 0 aliphatic carbocycles. The number of carbonyl (C=O) groups is 1. The van der Waals surface area contributed by atoms with Crippen molar-refractivity contribution < 1.29 is 18.7 Å². The first-order chi connectivity index (χ1) is 13.6. The molecule has 0 bridgehead atoms. The van der Waals surface area contributed by atoms with E-state index in [2.05, 4.69) is 15.2 Å². The SMILES string of the molecule is O=C(NCCc1ccc(F)cc1)c1ccnc(N2CCC3(CC2)OCCO3)c1. The zero-order chi connectivity index (χ0) is 19.4. The molecule has 1 aromatic carbocycles. The molecule has 3 heterocycles. The van der Waals surface area contributed by atoms with E-state index in [9.17, 15) is 9.18 Å². The van der Waals surface area contributed by atoms with Crippen LogP contribution < -0.4 is 10.2 Å². The summed E-state index contributed by atoms with van der Waals surface area (Å²) in [5.74, 6) is -0.0289. The second-order valence-electron chi connectivity index (χ2n) is 7.13. The first-order valence-corrected chi connectivity index (χ1v) is 9.65. The molecule has 0 radical (unpaired) electrons. The standard InChI is InChI=1S/C21H24FN3O3/c22-18-3-1-16(2-4-18)5-9-24-20(26)17-6-10-23-19(15-17)25-11-7-21(8-12-25)27-13-14-28-21/h1-4,6,10,15H,5,7-9,11-14H2,(H,24,26). The monoisotopic (exact) mass is 385 g/mol. The Kier molecular flexibility index (Phi) is 5.54. The van der Waals surface area contributed by atoms with Gasteiger partial charge in [0.2, 0.25) is 0 Å². The summed E-state index contributed by atoms with van der Waals surface area (Å²) < 4.78 is 24.5. The normalized spacial score (nSPS) is 18.4. The number of aromatic nitrogens is 1. The second kappa shape index (κ2) is 8.24. The molecule has 2 saturated heterocycles. The van der Waals surface area contributed by atoms with Gasteiger partial charge in [0.05, 0.1) is 13.2 Å². The third-order valence-corrected chi connectivity index (χ3v) is 5.28. The topological polar surface area (TPSA) is 63.7 Å². The van der Waals surface area contributed by atoms with Gasteiger partial charge in [0.1, 0.15) is 11.6 Å². The van der Waals surface area contributed by atoms with E-state index in [1.165, 1.54) is 12.1 Å². The number of hydrogen-bond acceptors (Lipinski definition) is 5. The van der Waals surface area contributed by atoms with Crippen molar-refractivity contribution in [3.8, 4) is 0 Å². The Morgan fingerprint density at radius 2 is 1.86 bits per heavy atom. The van der Waals surface area contributed by atoms with Gasteiger partial charge >= 0.3 is 0 Å². The van der Waals surface area contributed by atoms with Crippen molar-refractivity contribution in [2.24, 2.45) is 0 Å². The van der Waals surface area contributed by atoms with Gasteiger partial charge in [-0.05, 0) is 36.2 Å². The van der Waals surface area contributed by atoms with E-state index in [1.807, 2.05) is 6.07 Å². The largest absolute Gasteiger partial charge is 0.356 e. The summed E-state index contributed by atoms with van der Waals surface area (Å²) in [4.78, 5) is 19.1. The number of benzene rings is 1. The first-order valence-electron chi connectivity index (χ1n) is 9.65. The predicted octanol–water partition coefficient (Wildman–Crippen LogP) is 2.54. The van der Waals surface area contributed by atoms with Gasteiger partial charge in [-0.3, -0.25) is 4.79 Å². The Morgan fingerprint density at radius 1 is 1.14 bits per heavy atom. The molecule has 148 valence electrons. The highest BCUT2D eigenvalue weighted by Crippen LogP contribution is 2.32. The van der Waals surface area contributed by atoms with Crippen molar-refractivity contribution in [2.45, 2.75) is 25.0 Å². The van der Waals surface area contributed by atoms with Gasteiger partial charge in [0.25, 0.3) is 5.91 Å². The van der Waals surface area contributed by atoms with Gasteiger partial charge in [-0.2, -0.15) is 0 Å². The van der Waals surface area contributed by atoms with Crippen LogP contribution in [0.1, 0.15) is 28.8 Å². The Bertz CT molecular complexity index is 812. The molecular weight excluding hydrogens is 361 g/mol. The predicted molar refractivity (Wildman–Crippen MR) is 103 cm³/mol. The number of nitrogens with zero attached hydrogens (tertiary/aromatic N) is 2. The molecule has 2 aliphatic rings. The number of halogens is 1. The maximum Gasteiger partial charge on any atom is 0.251 e. The number of hydrogen-bond donors (Lipinski definition) is 1. The van der Waals surface area contributed by atoms with E-state index in [0.29, 0.717) is 31.7 Å². The lowest BCUT2D eigenvalue weighted by Gasteiger charge is -2.38. The molecule has 1 amide bonds. The van der Waals surface area contributed by atoms with Gasteiger partial charge in [-0.1, -0.05) is 12.1 Å². The van der Waals surface area contributed by atoms with Crippen LogP contribution in [0.5, 0.6) is 0 Å². The molecule has 0 unspecified atom stereocenters. The number of nitrogens with one attached hydrogen (secondary N) is 1. The summed E-state index contributed by atoms with van der Waals surface area (Å²) in [6.45, 7) is 3.37. The second-order valence-corrected chi connectivity index (χ2v) is 7.13. The maximum atomic E-state index is 12.9. The van der Waals surface area contributed by atoms with Crippen molar-refractivity contribution in [1.82, 2.24) is 10.3 Å². The molecule has 7 heteroatoms. The molecular formula is C21H24FN3O3. The quantitative estimate of drug-likeness (QED) is 0.857. The van der Waals surface area contributed by atoms with Crippen molar-refractivity contribution in [1.29, 1.82) is 0 Å². The lowest BCUT2D eigenvalue weighted by molar-refractivity contribution is -0.169. The van der Waals surface area contributed by atoms with E-state index < -0.39 is 5.79 Å². The van der Waals surface area contributed by atoms with Crippen LogP contribution in [0, 0.1) is 5.82 Å². The molecule has 0 saturated carbocycles. The minimum absolute atomic E-state index is 0.137. The lowest BCUT2D eigenvalue weighted by atomic mass is 10.0. The molecule has 2 aromatic rings. The average Bonchev–Trinajstić information content (AvgIpc) is 3.18. The highest BCUT2D eigenvalue weighted by molar-refractivity contribution is 5.94. The van der Waals surface area contributed by atoms with Crippen LogP contribution in [0.2, 0.25) is 0 Å². The number of rotatable bonds is 5. The number of pyridine rings is 1. The maximum absolute atomic E-state index is 12.9. The van der Waals surface area contributed by atoms with Gasteiger partial charge in [0, 0.05) is 44.2 Å². The van der Waals surface area contributed by atoms with Crippen LogP contribution in [0.3, 0.4) is 0 Å². The minimum Gasteiger partial charge on any atom is -0.356 e. The summed E-state index contributed by atoms with van der Waals surface area (Å²) in [5, 5.41) is 2.91. The van der Waals surface area contributed by atoms with Crippen LogP contribution in [0.15, 0.2) is 42.6 Å². The van der Waals surface area contributed by atoms with Gasteiger partial charge in [-0.15, -0.1) is 0 Å². The Labute approximate surface area is 163 Å².